The van der Waals surface area contributed by atoms with Gasteiger partial charge >= 0.3 is 0 Å². The fourth-order valence-corrected chi connectivity index (χ4v) is 2.84. The Morgan fingerprint density at radius 1 is 1.24 bits per heavy atom. The Morgan fingerprint density at radius 2 is 2.00 bits per heavy atom. The first-order valence-corrected chi connectivity index (χ1v) is 6.63. The summed E-state index contributed by atoms with van der Waals surface area (Å²) in [4.78, 5) is 2.45. The summed E-state index contributed by atoms with van der Waals surface area (Å²) < 4.78 is 0. The maximum Gasteiger partial charge on any atom is 0.103 e. The second-order valence-electron chi connectivity index (χ2n) is 5.78. The van der Waals surface area contributed by atoms with Crippen LogP contribution in [0.3, 0.4) is 0 Å². The van der Waals surface area contributed by atoms with Crippen molar-refractivity contribution >= 4 is 0 Å². The molecular weight excluding hydrogens is 210 g/mol. The lowest BCUT2D eigenvalue weighted by molar-refractivity contribution is 0.0451. The van der Waals surface area contributed by atoms with Crippen molar-refractivity contribution in [2.45, 2.75) is 44.8 Å². The summed E-state index contributed by atoms with van der Waals surface area (Å²) >= 11 is 0. The summed E-state index contributed by atoms with van der Waals surface area (Å²) in [6.07, 6.45) is 3.53. The minimum Gasteiger partial charge on any atom is -0.384 e. The lowest BCUT2D eigenvalue weighted by atomic mass is 9.91. The second kappa shape index (κ2) is 3.82. The van der Waals surface area contributed by atoms with E-state index in [0.717, 1.165) is 31.1 Å². The van der Waals surface area contributed by atoms with Gasteiger partial charge in [0.1, 0.15) is 5.60 Å². The molecule has 3 rings (SSSR count). The summed E-state index contributed by atoms with van der Waals surface area (Å²) in [6.45, 7) is 6.11. The molecule has 1 aliphatic heterocycles. The van der Waals surface area contributed by atoms with Gasteiger partial charge in [-0.05, 0) is 49.8 Å². The van der Waals surface area contributed by atoms with Crippen molar-refractivity contribution in [1.82, 2.24) is 4.90 Å². The highest BCUT2D eigenvalue weighted by molar-refractivity contribution is 5.34. The van der Waals surface area contributed by atoms with Crippen LogP contribution in [0.1, 0.15) is 36.0 Å². The van der Waals surface area contributed by atoms with Gasteiger partial charge in [-0.15, -0.1) is 0 Å². The Labute approximate surface area is 103 Å². The lowest BCUT2D eigenvalue weighted by Gasteiger charge is -2.24. The van der Waals surface area contributed by atoms with Crippen LogP contribution in [0, 0.1) is 13.8 Å². The Bertz CT molecular complexity index is 439. The number of benzene rings is 1. The van der Waals surface area contributed by atoms with E-state index >= 15 is 0 Å². The molecular formula is C15H21NO. The van der Waals surface area contributed by atoms with Crippen LogP contribution < -0.4 is 0 Å². The van der Waals surface area contributed by atoms with E-state index in [1.54, 1.807) is 0 Å². The fraction of sp³-hybridized carbons (Fsp3) is 0.600. The predicted octanol–water partition coefficient (Wildman–Crippen LogP) is 2.36. The number of rotatable bonds is 2. The quantitative estimate of drug-likeness (QED) is 0.844. The summed E-state index contributed by atoms with van der Waals surface area (Å²) in [5.41, 5.74) is 3.07. The van der Waals surface area contributed by atoms with E-state index in [4.69, 9.17) is 0 Å². The first-order chi connectivity index (χ1) is 8.08. The number of aliphatic hydroxyl groups is 1. The second-order valence-corrected chi connectivity index (χ2v) is 5.78. The summed E-state index contributed by atoms with van der Waals surface area (Å²) in [5, 5.41) is 10.8. The molecule has 0 aromatic heterocycles. The molecule has 1 saturated carbocycles. The van der Waals surface area contributed by atoms with Gasteiger partial charge in [0.25, 0.3) is 0 Å². The van der Waals surface area contributed by atoms with E-state index < -0.39 is 5.60 Å². The van der Waals surface area contributed by atoms with E-state index in [-0.39, 0.29) is 0 Å². The molecule has 0 bridgehead atoms. The molecule has 1 unspecified atom stereocenters. The molecule has 17 heavy (non-hydrogen) atoms. The highest BCUT2D eigenvalue weighted by Gasteiger charge is 2.42. The number of β-amino-alcohol motifs (C(OH)–C–C–N with tert-alkyl or cyclic N) is 1. The van der Waals surface area contributed by atoms with E-state index in [9.17, 15) is 5.11 Å². The highest BCUT2D eigenvalue weighted by Crippen LogP contribution is 2.38. The zero-order chi connectivity index (χ0) is 12.0. The Kier molecular flexibility index (Phi) is 2.53. The van der Waals surface area contributed by atoms with Gasteiger partial charge in [-0.25, -0.2) is 0 Å². The Morgan fingerprint density at radius 3 is 2.65 bits per heavy atom. The number of nitrogens with zero attached hydrogens (tertiary/aromatic N) is 1. The van der Waals surface area contributed by atoms with Gasteiger partial charge < -0.3 is 5.11 Å². The third kappa shape index (κ3) is 2.00. The van der Waals surface area contributed by atoms with Crippen LogP contribution in [0.2, 0.25) is 0 Å². The number of aryl methyl sites for hydroxylation is 2. The van der Waals surface area contributed by atoms with E-state index in [0.29, 0.717) is 0 Å². The minimum atomic E-state index is -0.610. The molecule has 0 radical (unpaired) electrons. The molecule has 1 saturated heterocycles. The summed E-state index contributed by atoms with van der Waals surface area (Å²) in [5.74, 6) is 0. The lowest BCUT2D eigenvalue weighted by Crippen LogP contribution is -2.31. The van der Waals surface area contributed by atoms with Crippen LogP contribution in [0.4, 0.5) is 0 Å². The topological polar surface area (TPSA) is 23.5 Å². The highest BCUT2D eigenvalue weighted by atomic mass is 16.3. The molecule has 1 aromatic carbocycles. The molecule has 1 atom stereocenters. The van der Waals surface area contributed by atoms with Gasteiger partial charge in [-0.1, -0.05) is 18.2 Å². The smallest absolute Gasteiger partial charge is 0.103 e. The minimum absolute atomic E-state index is 0.610. The van der Waals surface area contributed by atoms with E-state index in [1.165, 1.54) is 24.0 Å². The third-order valence-corrected chi connectivity index (χ3v) is 4.38. The largest absolute Gasteiger partial charge is 0.384 e. The van der Waals surface area contributed by atoms with Crippen LogP contribution in [0.25, 0.3) is 0 Å². The number of hydrogen-bond acceptors (Lipinski definition) is 2. The fourth-order valence-electron chi connectivity index (χ4n) is 2.84. The van der Waals surface area contributed by atoms with Crippen molar-refractivity contribution in [2.75, 3.05) is 13.1 Å². The van der Waals surface area contributed by atoms with Crippen molar-refractivity contribution in [2.24, 2.45) is 0 Å². The molecule has 1 heterocycles. The van der Waals surface area contributed by atoms with Crippen molar-refractivity contribution in [3.63, 3.8) is 0 Å². The molecule has 1 aliphatic carbocycles. The maximum absolute atomic E-state index is 10.8. The van der Waals surface area contributed by atoms with Crippen molar-refractivity contribution < 1.29 is 5.11 Å². The predicted molar refractivity (Wildman–Crippen MR) is 69.0 cm³/mol. The molecule has 0 amide bonds. The normalized spacial score (nSPS) is 29.8. The first-order valence-electron chi connectivity index (χ1n) is 6.63. The monoisotopic (exact) mass is 231 g/mol. The summed E-state index contributed by atoms with van der Waals surface area (Å²) in [6, 6.07) is 7.14. The molecule has 92 valence electrons. The average Bonchev–Trinajstić information content (AvgIpc) is 3.07. The van der Waals surface area contributed by atoms with Crippen molar-refractivity contribution in [3.8, 4) is 0 Å². The van der Waals surface area contributed by atoms with Crippen LogP contribution in [0.15, 0.2) is 18.2 Å². The van der Waals surface area contributed by atoms with Gasteiger partial charge in [0.05, 0.1) is 0 Å². The molecule has 2 heteroatoms. The first kappa shape index (κ1) is 11.2. The molecule has 2 fully saturated rings. The van der Waals surface area contributed by atoms with Gasteiger partial charge in [0.2, 0.25) is 0 Å². The standard InChI is InChI=1S/C15H21NO/c1-11-3-4-13(9-12(11)2)15(17)7-8-16(10-15)14-5-6-14/h3-4,9,14,17H,5-8,10H2,1-2H3. The van der Waals surface area contributed by atoms with Gasteiger partial charge in [-0.2, -0.15) is 0 Å². The molecule has 2 aliphatic rings. The summed E-state index contributed by atoms with van der Waals surface area (Å²) in [7, 11) is 0. The number of likely N-dealkylation sites (tertiary alicyclic amines) is 1. The van der Waals surface area contributed by atoms with Crippen molar-refractivity contribution in [3.05, 3.63) is 34.9 Å². The van der Waals surface area contributed by atoms with Gasteiger partial charge in [-0.3, -0.25) is 4.90 Å². The average molecular weight is 231 g/mol. The Hall–Kier alpha value is -0.860. The maximum atomic E-state index is 10.8. The third-order valence-electron chi connectivity index (χ3n) is 4.38. The molecule has 2 nitrogen and oxygen atoms in total. The van der Waals surface area contributed by atoms with Crippen LogP contribution in [0.5, 0.6) is 0 Å². The zero-order valence-electron chi connectivity index (χ0n) is 10.7. The van der Waals surface area contributed by atoms with Gasteiger partial charge in [0.15, 0.2) is 0 Å². The van der Waals surface area contributed by atoms with Crippen molar-refractivity contribution in [1.29, 1.82) is 0 Å². The van der Waals surface area contributed by atoms with Crippen LogP contribution in [-0.2, 0) is 5.60 Å². The zero-order valence-corrected chi connectivity index (χ0v) is 10.7. The van der Waals surface area contributed by atoms with E-state index in [2.05, 4.69) is 36.9 Å². The molecule has 1 N–H and O–H groups in total. The van der Waals surface area contributed by atoms with Gasteiger partial charge in [0, 0.05) is 19.1 Å². The SMILES string of the molecule is Cc1ccc(C2(O)CCN(C3CC3)C2)cc1C. The number of hydrogen-bond donors (Lipinski definition) is 1. The molecule has 0 spiro atoms. The molecule has 1 aromatic rings. The Balaban J connectivity index is 1.84. The van der Waals surface area contributed by atoms with Crippen LogP contribution >= 0.6 is 0 Å². The van der Waals surface area contributed by atoms with Crippen LogP contribution in [-0.4, -0.2) is 29.1 Å². The van der Waals surface area contributed by atoms with E-state index in [1.807, 2.05) is 0 Å².